The number of sulfonamides is 1. The van der Waals surface area contributed by atoms with Crippen LogP contribution in [0.15, 0.2) is 34.5 Å². The van der Waals surface area contributed by atoms with E-state index < -0.39 is 10.0 Å². The lowest BCUT2D eigenvalue weighted by Crippen LogP contribution is -2.14. The van der Waals surface area contributed by atoms with Crippen LogP contribution >= 0.6 is 11.3 Å². The number of benzene rings is 1. The molecule has 1 aromatic heterocycles. The van der Waals surface area contributed by atoms with Crippen LogP contribution in [0, 0.1) is 6.92 Å². The fraction of sp³-hybridized carbons (Fsp3) is 0.286. The van der Waals surface area contributed by atoms with Crippen molar-refractivity contribution in [3.05, 3.63) is 40.8 Å². The summed E-state index contributed by atoms with van der Waals surface area (Å²) in [6, 6.07) is 8.80. The molecule has 0 radical (unpaired) electrons. The predicted molar refractivity (Wildman–Crippen MR) is 88.5 cm³/mol. The number of thiophene rings is 1. The highest BCUT2D eigenvalue weighted by molar-refractivity contribution is 7.94. The molecule has 0 unspecified atom stereocenters. The largest absolute Gasteiger partial charge is 0.377 e. The van der Waals surface area contributed by atoms with Gasteiger partial charge in [0.2, 0.25) is 0 Å². The number of nitrogens with zero attached hydrogens (tertiary/aromatic N) is 1. The van der Waals surface area contributed by atoms with E-state index in [9.17, 15) is 8.42 Å². The van der Waals surface area contributed by atoms with E-state index in [1.807, 2.05) is 38.1 Å². The average molecular weight is 325 g/mol. The fourth-order valence-corrected chi connectivity index (χ4v) is 4.26. The summed E-state index contributed by atoms with van der Waals surface area (Å²) in [4.78, 5) is 2.79. The van der Waals surface area contributed by atoms with Gasteiger partial charge >= 0.3 is 0 Å². The summed E-state index contributed by atoms with van der Waals surface area (Å²) in [5, 5.41) is 0. The van der Waals surface area contributed by atoms with Crippen molar-refractivity contribution >= 4 is 32.7 Å². The second-order valence-electron chi connectivity index (χ2n) is 4.93. The molecule has 5 nitrogen and oxygen atoms in total. The van der Waals surface area contributed by atoms with Crippen molar-refractivity contribution in [2.24, 2.45) is 5.73 Å². The lowest BCUT2D eigenvalue weighted by molar-refractivity contribution is 0.603. The monoisotopic (exact) mass is 325 g/mol. The van der Waals surface area contributed by atoms with Crippen molar-refractivity contribution in [3.8, 4) is 0 Å². The molecule has 21 heavy (non-hydrogen) atoms. The third-order valence-corrected chi connectivity index (χ3v) is 6.03. The molecule has 0 saturated heterocycles. The van der Waals surface area contributed by atoms with E-state index in [4.69, 9.17) is 5.73 Å². The predicted octanol–water partition coefficient (Wildman–Crippen LogP) is 2.38. The van der Waals surface area contributed by atoms with Gasteiger partial charge in [-0.15, -0.1) is 11.3 Å². The molecule has 0 saturated carbocycles. The van der Waals surface area contributed by atoms with Crippen LogP contribution in [0.25, 0.3) is 0 Å². The summed E-state index contributed by atoms with van der Waals surface area (Å²) in [7, 11) is 0.285. The molecular formula is C14H19N3O2S2. The molecule has 0 fully saturated rings. The maximum Gasteiger partial charge on any atom is 0.271 e. The molecular weight excluding hydrogens is 306 g/mol. The van der Waals surface area contributed by atoms with E-state index in [0.29, 0.717) is 12.2 Å². The minimum Gasteiger partial charge on any atom is -0.377 e. The Balaban J connectivity index is 2.30. The smallest absolute Gasteiger partial charge is 0.271 e. The van der Waals surface area contributed by atoms with Gasteiger partial charge in [0.1, 0.15) is 4.21 Å². The van der Waals surface area contributed by atoms with Gasteiger partial charge in [-0.25, -0.2) is 8.42 Å². The van der Waals surface area contributed by atoms with Crippen molar-refractivity contribution in [2.45, 2.75) is 17.7 Å². The number of rotatable bonds is 5. The van der Waals surface area contributed by atoms with Crippen LogP contribution in [0.2, 0.25) is 0 Å². The van der Waals surface area contributed by atoms with Crippen LogP contribution in [0.3, 0.4) is 0 Å². The molecule has 0 aliphatic carbocycles. The second kappa shape index (κ2) is 6.05. The molecule has 0 spiro atoms. The molecule has 0 aliphatic rings. The van der Waals surface area contributed by atoms with Gasteiger partial charge in [0.05, 0.1) is 5.69 Å². The van der Waals surface area contributed by atoms with Crippen LogP contribution in [0.5, 0.6) is 0 Å². The van der Waals surface area contributed by atoms with Crippen LogP contribution in [0.1, 0.15) is 10.4 Å². The summed E-state index contributed by atoms with van der Waals surface area (Å²) in [6.45, 7) is 2.33. The van der Waals surface area contributed by atoms with E-state index >= 15 is 0 Å². The summed E-state index contributed by atoms with van der Waals surface area (Å²) < 4.78 is 27.6. The molecule has 0 amide bonds. The second-order valence-corrected chi connectivity index (χ2v) is 8.00. The van der Waals surface area contributed by atoms with Crippen molar-refractivity contribution in [2.75, 3.05) is 23.7 Å². The lowest BCUT2D eigenvalue weighted by Gasteiger charge is -2.17. The Bertz CT molecular complexity index is 736. The van der Waals surface area contributed by atoms with Crippen LogP contribution in [0.4, 0.5) is 11.4 Å². The highest BCUT2D eigenvalue weighted by atomic mass is 32.2. The minimum atomic E-state index is -3.56. The van der Waals surface area contributed by atoms with Gasteiger partial charge in [-0.1, -0.05) is 6.07 Å². The van der Waals surface area contributed by atoms with Crippen LogP contribution in [-0.2, 0) is 16.6 Å². The third-order valence-electron chi connectivity index (χ3n) is 3.05. The van der Waals surface area contributed by atoms with Crippen molar-refractivity contribution < 1.29 is 8.42 Å². The Morgan fingerprint density at radius 2 is 1.95 bits per heavy atom. The summed E-state index contributed by atoms with van der Waals surface area (Å²) in [5.74, 6) is 0. The first-order valence-electron chi connectivity index (χ1n) is 6.43. The molecule has 2 rings (SSSR count). The van der Waals surface area contributed by atoms with Gasteiger partial charge < -0.3 is 10.6 Å². The first-order chi connectivity index (χ1) is 9.83. The lowest BCUT2D eigenvalue weighted by atomic mass is 10.2. The zero-order chi connectivity index (χ0) is 15.6. The summed E-state index contributed by atoms with van der Waals surface area (Å²) >= 11 is 1.19. The first-order valence-corrected chi connectivity index (χ1v) is 8.73. The molecule has 114 valence electrons. The Kier molecular flexibility index (Phi) is 4.55. The normalized spacial score (nSPS) is 11.4. The van der Waals surface area contributed by atoms with E-state index in [2.05, 4.69) is 4.72 Å². The van der Waals surface area contributed by atoms with Gasteiger partial charge in [-0.2, -0.15) is 0 Å². The minimum absolute atomic E-state index is 0.273. The fourth-order valence-electron chi connectivity index (χ4n) is 1.97. The van der Waals surface area contributed by atoms with E-state index in [1.54, 1.807) is 18.2 Å². The number of anilines is 2. The van der Waals surface area contributed by atoms with Crippen molar-refractivity contribution in [1.82, 2.24) is 0 Å². The number of hydrogen-bond donors (Lipinski definition) is 2. The molecule has 0 aliphatic heterocycles. The van der Waals surface area contributed by atoms with E-state index in [1.165, 1.54) is 11.3 Å². The number of nitrogens with one attached hydrogen (secondary N) is 1. The molecule has 1 aromatic carbocycles. The third kappa shape index (κ3) is 3.55. The first kappa shape index (κ1) is 15.8. The Labute approximate surface area is 129 Å². The standard InChI is InChI=1S/C14H19N3O2S2/c1-10-4-5-11(8-13(10)17(2)3)16-21(18,19)14-7-6-12(9-15)20-14/h4-8,16H,9,15H2,1-3H3. The molecule has 1 heterocycles. The van der Waals surface area contributed by atoms with Gasteiger partial charge in [0.15, 0.2) is 0 Å². The zero-order valence-electron chi connectivity index (χ0n) is 12.3. The van der Waals surface area contributed by atoms with E-state index in [0.717, 1.165) is 16.1 Å². The molecule has 7 heteroatoms. The molecule has 3 N–H and O–H groups in total. The van der Waals surface area contributed by atoms with Crippen LogP contribution < -0.4 is 15.4 Å². The topological polar surface area (TPSA) is 75.4 Å². The summed E-state index contributed by atoms with van der Waals surface area (Å²) in [5.41, 5.74) is 8.13. The van der Waals surface area contributed by atoms with Crippen molar-refractivity contribution in [1.29, 1.82) is 0 Å². The Hall–Kier alpha value is -1.57. The Morgan fingerprint density at radius 1 is 1.24 bits per heavy atom. The number of hydrogen-bond acceptors (Lipinski definition) is 5. The zero-order valence-corrected chi connectivity index (χ0v) is 13.9. The highest BCUT2D eigenvalue weighted by Gasteiger charge is 2.17. The molecule has 0 atom stereocenters. The quantitative estimate of drug-likeness (QED) is 0.885. The Morgan fingerprint density at radius 3 is 2.52 bits per heavy atom. The number of nitrogens with two attached hydrogens (primary N) is 1. The van der Waals surface area contributed by atoms with E-state index in [-0.39, 0.29) is 4.21 Å². The van der Waals surface area contributed by atoms with Gasteiger partial charge in [-0.05, 0) is 36.8 Å². The summed E-state index contributed by atoms with van der Waals surface area (Å²) in [6.07, 6.45) is 0. The maximum atomic E-state index is 12.3. The van der Waals surface area contributed by atoms with Crippen LogP contribution in [-0.4, -0.2) is 22.5 Å². The SMILES string of the molecule is Cc1ccc(NS(=O)(=O)c2ccc(CN)s2)cc1N(C)C. The average Bonchev–Trinajstić information content (AvgIpc) is 2.90. The maximum absolute atomic E-state index is 12.3. The van der Waals surface area contributed by atoms with Gasteiger partial charge in [0, 0.05) is 31.2 Å². The number of aryl methyl sites for hydroxylation is 1. The molecule has 0 bridgehead atoms. The highest BCUT2D eigenvalue weighted by Crippen LogP contribution is 2.27. The van der Waals surface area contributed by atoms with Crippen molar-refractivity contribution in [3.63, 3.8) is 0 Å². The van der Waals surface area contributed by atoms with Gasteiger partial charge in [0.25, 0.3) is 10.0 Å². The molecule has 2 aromatic rings. The van der Waals surface area contributed by atoms with Gasteiger partial charge in [-0.3, -0.25) is 4.72 Å².